The fraction of sp³-hybridized carbons (Fsp3) is 0. The maximum absolute atomic E-state index is 12.8. The molecule has 0 aromatic heterocycles. The van der Waals surface area contributed by atoms with Crippen molar-refractivity contribution in [2.75, 3.05) is 10.6 Å². The molecule has 0 amide bonds. The molecule has 2 aromatic carbocycles. The average Bonchev–Trinajstić information content (AvgIpc) is 2.67. The highest BCUT2D eigenvalue weighted by molar-refractivity contribution is 6.40. The van der Waals surface area contributed by atoms with E-state index in [0.29, 0.717) is 11.4 Å². The highest BCUT2D eigenvalue weighted by Gasteiger charge is 2.41. The van der Waals surface area contributed by atoms with Crippen LogP contribution in [0, 0.1) is 0 Å². The number of benzene rings is 2. The lowest BCUT2D eigenvalue weighted by Gasteiger charge is -2.22. The van der Waals surface area contributed by atoms with Gasteiger partial charge in [-0.2, -0.15) is 0 Å². The van der Waals surface area contributed by atoms with E-state index in [4.69, 9.17) is 0 Å². The summed E-state index contributed by atoms with van der Waals surface area (Å²) in [7, 11) is 0. The Morgan fingerprint density at radius 1 is 0.607 bits per heavy atom. The Kier molecular flexibility index (Phi) is 5.03. The first-order valence-corrected chi connectivity index (χ1v) is 8.09. The quantitative estimate of drug-likeness (QED) is 0.443. The van der Waals surface area contributed by atoms with Gasteiger partial charge in [-0.05, 0) is 24.3 Å². The Morgan fingerprint density at radius 3 is 1.21 bits per heavy atom. The number of carbonyl (C=O) groups is 4. The zero-order valence-electron chi connectivity index (χ0n) is 14.3. The van der Waals surface area contributed by atoms with Gasteiger partial charge < -0.3 is 20.8 Å². The lowest BCUT2D eigenvalue weighted by atomic mass is 9.90. The second kappa shape index (κ2) is 7.58. The van der Waals surface area contributed by atoms with Crippen LogP contribution in [0.4, 0.5) is 11.4 Å². The van der Waals surface area contributed by atoms with Crippen molar-refractivity contribution < 1.29 is 29.4 Å². The second-order valence-electron chi connectivity index (χ2n) is 5.75. The standard InChI is InChI=1S/C20H14N2O6/c23-17-14(20(27)28)16(22-12-9-5-2-6-10-12)18(24)13(19(25)26)15(17)21-11-7-3-1-4-8-11/h1-10,21-22H,(H,25,26)(H,27,28). The highest BCUT2D eigenvalue weighted by Crippen LogP contribution is 2.28. The van der Waals surface area contributed by atoms with Gasteiger partial charge in [0, 0.05) is 11.4 Å². The number of hydrogen-bond donors (Lipinski definition) is 4. The van der Waals surface area contributed by atoms with Gasteiger partial charge in [0.25, 0.3) is 0 Å². The van der Waals surface area contributed by atoms with Gasteiger partial charge in [0.15, 0.2) is 0 Å². The first-order valence-electron chi connectivity index (χ1n) is 8.09. The summed E-state index contributed by atoms with van der Waals surface area (Å²) in [4.78, 5) is 49.1. The van der Waals surface area contributed by atoms with Crippen molar-refractivity contribution in [2.24, 2.45) is 0 Å². The van der Waals surface area contributed by atoms with E-state index < -0.39 is 46.0 Å². The van der Waals surface area contributed by atoms with Crippen LogP contribution in [0.3, 0.4) is 0 Å². The number of aliphatic carboxylic acids is 2. The van der Waals surface area contributed by atoms with Crippen LogP contribution < -0.4 is 10.6 Å². The molecule has 0 saturated carbocycles. The predicted molar refractivity (Wildman–Crippen MR) is 99.5 cm³/mol. The van der Waals surface area contributed by atoms with Crippen LogP contribution in [0.25, 0.3) is 0 Å². The minimum atomic E-state index is -1.64. The number of carbonyl (C=O) groups excluding carboxylic acids is 2. The second-order valence-corrected chi connectivity index (χ2v) is 5.75. The van der Waals surface area contributed by atoms with E-state index in [0.717, 1.165) is 0 Å². The number of para-hydroxylation sites is 2. The van der Waals surface area contributed by atoms with Gasteiger partial charge >= 0.3 is 11.9 Å². The predicted octanol–water partition coefficient (Wildman–Crippen LogP) is 2.04. The first kappa shape index (κ1) is 18.6. The maximum Gasteiger partial charge on any atom is 0.342 e. The van der Waals surface area contributed by atoms with Crippen LogP contribution in [-0.2, 0) is 19.2 Å². The number of Topliss-reactive ketones (excluding diaryl/α,β-unsaturated/α-hetero) is 2. The van der Waals surface area contributed by atoms with Crippen LogP contribution in [0.5, 0.6) is 0 Å². The Bertz CT molecular complexity index is 953. The van der Waals surface area contributed by atoms with Crippen molar-refractivity contribution in [1.29, 1.82) is 0 Å². The van der Waals surface area contributed by atoms with Crippen LogP contribution >= 0.6 is 0 Å². The molecule has 2 aromatic rings. The van der Waals surface area contributed by atoms with Crippen molar-refractivity contribution in [3.8, 4) is 0 Å². The smallest absolute Gasteiger partial charge is 0.342 e. The molecule has 0 unspecified atom stereocenters. The minimum Gasteiger partial charge on any atom is -0.477 e. The molecule has 1 aliphatic carbocycles. The molecule has 0 fully saturated rings. The van der Waals surface area contributed by atoms with Gasteiger partial charge in [-0.3, -0.25) is 9.59 Å². The van der Waals surface area contributed by atoms with Crippen molar-refractivity contribution in [2.45, 2.75) is 0 Å². The Balaban J connectivity index is 2.12. The van der Waals surface area contributed by atoms with Crippen molar-refractivity contribution in [3.63, 3.8) is 0 Å². The molecule has 1 aliphatic rings. The Morgan fingerprint density at radius 2 is 0.929 bits per heavy atom. The van der Waals surface area contributed by atoms with Gasteiger partial charge in [0.05, 0.1) is 0 Å². The fourth-order valence-electron chi connectivity index (χ4n) is 2.68. The molecule has 0 aliphatic heterocycles. The van der Waals surface area contributed by atoms with E-state index in [1.54, 1.807) is 60.7 Å². The zero-order chi connectivity index (χ0) is 20.3. The molecule has 0 atom stereocenters. The third-order valence-corrected chi connectivity index (χ3v) is 3.92. The van der Waals surface area contributed by atoms with Gasteiger partial charge in [-0.25, -0.2) is 9.59 Å². The van der Waals surface area contributed by atoms with Gasteiger partial charge in [0.1, 0.15) is 22.5 Å². The summed E-state index contributed by atoms with van der Waals surface area (Å²) in [6.45, 7) is 0. The lowest BCUT2D eigenvalue weighted by molar-refractivity contribution is -0.137. The first-order chi connectivity index (χ1) is 13.4. The highest BCUT2D eigenvalue weighted by atomic mass is 16.4. The Hall–Kier alpha value is -4.20. The normalized spacial score (nSPS) is 14.1. The molecule has 8 heteroatoms. The number of anilines is 2. The molecule has 4 N–H and O–H groups in total. The fourth-order valence-corrected chi connectivity index (χ4v) is 2.68. The van der Waals surface area contributed by atoms with Gasteiger partial charge in [-0.1, -0.05) is 36.4 Å². The molecule has 0 bridgehead atoms. The van der Waals surface area contributed by atoms with Crippen molar-refractivity contribution in [1.82, 2.24) is 0 Å². The molecule has 0 spiro atoms. The molecule has 8 nitrogen and oxygen atoms in total. The number of carboxylic acid groups (broad SMARTS) is 2. The molecular formula is C20H14N2O6. The summed E-state index contributed by atoms with van der Waals surface area (Å²) in [6, 6.07) is 16.1. The van der Waals surface area contributed by atoms with E-state index in [2.05, 4.69) is 10.6 Å². The maximum atomic E-state index is 12.8. The summed E-state index contributed by atoms with van der Waals surface area (Å²) >= 11 is 0. The van der Waals surface area contributed by atoms with E-state index >= 15 is 0 Å². The number of hydrogen-bond acceptors (Lipinski definition) is 6. The average molecular weight is 378 g/mol. The molecule has 28 heavy (non-hydrogen) atoms. The third kappa shape index (κ3) is 3.51. The molecule has 0 radical (unpaired) electrons. The van der Waals surface area contributed by atoms with E-state index in [-0.39, 0.29) is 0 Å². The van der Waals surface area contributed by atoms with Crippen LogP contribution in [-0.4, -0.2) is 33.7 Å². The summed E-state index contributed by atoms with van der Waals surface area (Å²) in [5, 5.41) is 24.2. The molecular weight excluding hydrogens is 364 g/mol. The third-order valence-electron chi connectivity index (χ3n) is 3.92. The number of allylic oxidation sites excluding steroid dienone is 2. The van der Waals surface area contributed by atoms with E-state index in [9.17, 15) is 29.4 Å². The van der Waals surface area contributed by atoms with E-state index in [1.165, 1.54) is 0 Å². The molecule has 140 valence electrons. The van der Waals surface area contributed by atoms with Gasteiger partial charge in [0.2, 0.25) is 11.6 Å². The van der Waals surface area contributed by atoms with Crippen molar-refractivity contribution >= 4 is 34.9 Å². The number of rotatable bonds is 6. The summed E-state index contributed by atoms with van der Waals surface area (Å²) < 4.78 is 0. The summed E-state index contributed by atoms with van der Waals surface area (Å²) in [6.07, 6.45) is 0. The van der Waals surface area contributed by atoms with Crippen LogP contribution in [0.1, 0.15) is 0 Å². The van der Waals surface area contributed by atoms with E-state index in [1.807, 2.05) is 0 Å². The monoisotopic (exact) mass is 378 g/mol. The number of ketones is 2. The summed E-state index contributed by atoms with van der Waals surface area (Å²) in [5.74, 6) is -5.50. The zero-order valence-corrected chi connectivity index (χ0v) is 14.3. The van der Waals surface area contributed by atoms with Crippen molar-refractivity contribution in [3.05, 3.63) is 83.2 Å². The van der Waals surface area contributed by atoms with Crippen LogP contribution in [0.15, 0.2) is 83.2 Å². The molecule has 0 heterocycles. The lowest BCUT2D eigenvalue weighted by Crippen LogP contribution is -2.36. The minimum absolute atomic E-state index is 0.335. The molecule has 0 saturated heterocycles. The summed E-state index contributed by atoms with van der Waals surface area (Å²) in [5.41, 5.74) is -2.20. The van der Waals surface area contributed by atoms with Crippen LogP contribution in [0.2, 0.25) is 0 Å². The van der Waals surface area contributed by atoms with Gasteiger partial charge in [-0.15, -0.1) is 0 Å². The SMILES string of the molecule is O=C(O)C1=C(Nc2ccccc2)C(=O)C(C(=O)O)=C(Nc2ccccc2)C1=O. The Labute approximate surface area is 158 Å². The number of carboxylic acids is 2. The topological polar surface area (TPSA) is 133 Å². The number of nitrogens with one attached hydrogen (secondary N) is 2. The largest absolute Gasteiger partial charge is 0.477 e. The molecule has 3 rings (SSSR count).